The summed E-state index contributed by atoms with van der Waals surface area (Å²) in [6, 6.07) is 9.54. The van der Waals surface area contributed by atoms with Crippen LogP contribution in [0.2, 0.25) is 0 Å². The molecule has 1 fully saturated rings. The molecule has 0 aromatic heterocycles. The summed E-state index contributed by atoms with van der Waals surface area (Å²) in [6.07, 6.45) is 2.49. The lowest BCUT2D eigenvalue weighted by molar-refractivity contribution is 0.613. The van der Waals surface area contributed by atoms with Crippen LogP contribution < -0.4 is 10.2 Å². The Bertz CT molecular complexity index is 335. The number of anilines is 1. The van der Waals surface area contributed by atoms with E-state index in [0.29, 0.717) is 6.04 Å². The van der Waals surface area contributed by atoms with E-state index in [2.05, 4.69) is 34.5 Å². The van der Waals surface area contributed by atoms with Crippen LogP contribution in [-0.2, 0) is 6.42 Å². The quantitative estimate of drug-likeness (QED) is 0.662. The molecule has 2 heterocycles. The van der Waals surface area contributed by atoms with Gasteiger partial charge in [0.2, 0.25) is 0 Å². The fourth-order valence-electron chi connectivity index (χ4n) is 2.65. The second-order valence-corrected chi connectivity index (χ2v) is 4.24. The average Bonchev–Trinajstić information content (AvgIpc) is 2.42. The second kappa shape index (κ2) is 3.28. The summed E-state index contributed by atoms with van der Waals surface area (Å²) in [5.74, 6) is 0. The van der Waals surface area contributed by atoms with E-state index in [0.717, 1.165) is 6.54 Å². The minimum absolute atomic E-state index is 0.704. The number of nitrogens with zero attached hydrogens (tertiary/aromatic N) is 1. The molecule has 0 radical (unpaired) electrons. The smallest absolute Gasteiger partial charge is 0.0455 e. The molecule has 74 valence electrons. The molecule has 1 unspecified atom stereocenters. The predicted octanol–water partition coefficient (Wildman–Crippen LogP) is 1.41. The molecule has 0 amide bonds. The lowest BCUT2D eigenvalue weighted by Crippen LogP contribution is -2.36. The zero-order chi connectivity index (χ0) is 9.38. The van der Waals surface area contributed by atoms with Crippen LogP contribution in [0.3, 0.4) is 0 Å². The summed E-state index contributed by atoms with van der Waals surface area (Å²) in [6.45, 7) is 3.54. The minimum atomic E-state index is 0.704. The number of hydrogen-bond acceptors (Lipinski definition) is 2. The summed E-state index contributed by atoms with van der Waals surface area (Å²) in [5.41, 5.74) is 3.00. The van der Waals surface area contributed by atoms with Crippen molar-refractivity contribution in [2.45, 2.75) is 18.9 Å². The van der Waals surface area contributed by atoms with Crippen LogP contribution in [0.25, 0.3) is 0 Å². The maximum atomic E-state index is 3.51. The van der Waals surface area contributed by atoms with Crippen molar-refractivity contribution < 1.29 is 0 Å². The molecule has 1 aromatic rings. The van der Waals surface area contributed by atoms with Crippen LogP contribution in [0.5, 0.6) is 0 Å². The zero-order valence-corrected chi connectivity index (χ0v) is 8.37. The van der Waals surface area contributed by atoms with E-state index in [4.69, 9.17) is 0 Å². The van der Waals surface area contributed by atoms with Gasteiger partial charge in [0.25, 0.3) is 0 Å². The summed E-state index contributed by atoms with van der Waals surface area (Å²) in [5, 5.41) is 3.51. The monoisotopic (exact) mass is 188 g/mol. The van der Waals surface area contributed by atoms with Crippen LogP contribution >= 0.6 is 0 Å². The molecule has 0 aliphatic carbocycles. The van der Waals surface area contributed by atoms with Crippen molar-refractivity contribution >= 4 is 5.69 Å². The fourth-order valence-corrected chi connectivity index (χ4v) is 2.65. The highest BCUT2D eigenvalue weighted by Crippen LogP contribution is 2.32. The Morgan fingerprint density at radius 3 is 3.21 bits per heavy atom. The Morgan fingerprint density at radius 1 is 1.29 bits per heavy atom. The Balaban J connectivity index is 1.96. The maximum absolute atomic E-state index is 3.51. The Morgan fingerprint density at radius 2 is 2.21 bits per heavy atom. The number of fused-ring (bicyclic) bond motifs is 3. The van der Waals surface area contributed by atoms with E-state index in [-0.39, 0.29) is 0 Å². The first-order valence-corrected chi connectivity index (χ1v) is 5.50. The summed E-state index contributed by atoms with van der Waals surface area (Å²) < 4.78 is 0. The molecule has 1 N–H and O–H groups in total. The summed E-state index contributed by atoms with van der Waals surface area (Å²) >= 11 is 0. The maximum Gasteiger partial charge on any atom is 0.0455 e. The van der Waals surface area contributed by atoms with Crippen molar-refractivity contribution in [3.63, 3.8) is 0 Å². The van der Waals surface area contributed by atoms with E-state index in [1.165, 1.54) is 37.2 Å². The van der Waals surface area contributed by atoms with E-state index >= 15 is 0 Å². The van der Waals surface area contributed by atoms with E-state index in [1.54, 1.807) is 0 Å². The van der Waals surface area contributed by atoms with Gasteiger partial charge in [-0.25, -0.2) is 0 Å². The predicted molar refractivity (Wildman–Crippen MR) is 58.8 cm³/mol. The molecular formula is C12H16N2. The van der Waals surface area contributed by atoms with Gasteiger partial charge in [-0.15, -0.1) is 0 Å². The molecule has 3 rings (SSSR count). The van der Waals surface area contributed by atoms with Crippen LogP contribution in [0.1, 0.15) is 12.0 Å². The molecule has 0 bridgehead atoms. The first-order chi connectivity index (χ1) is 6.95. The van der Waals surface area contributed by atoms with E-state index in [1.807, 2.05) is 0 Å². The number of para-hydroxylation sites is 1. The van der Waals surface area contributed by atoms with E-state index < -0.39 is 0 Å². The molecule has 1 aromatic carbocycles. The standard InChI is InChI=1S/C12H16N2/c1-2-5-12-10(4-1)8-11-9-13-6-3-7-14(11)12/h1-2,4-5,11,13H,3,6-9H2. The van der Waals surface area contributed by atoms with Gasteiger partial charge in [0.05, 0.1) is 0 Å². The molecule has 14 heavy (non-hydrogen) atoms. The van der Waals surface area contributed by atoms with Crippen LogP contribution in [0, 0.1) is 0 Å². The number of hydrogen-bond donors (Lipinski definition) is 1. The molecule has 1 saturated heterocycles. The fraction of sp³-hybridized carbons (Fsp3) is 0.500. The first kappa shape index (κ1) is 8.30. The SMILES string of the molecule is c1ccc2c(c1)CC1CNCCCN21. The second-order valence-electron chi connectivity index (χ2n) is 4.24. The molecule has 1 atom stereocenters. The van der Waals surface area contributed by atoms with Gasteiger partial charge in [-0.3, -0.25) is 0 Å². The molecule has 0 saturated carbocycles. The van der Waals surface area contributed by atoms with Crippen molar-refractivity contribution in [1.82, 2.24) is 5.32 Å². The van der Waals surface area contributed by atoms with Crippen molar-refractivity contribution in [1.29, 1.82) is 0 Å². The highest BCUT2D eigenvalue weighted by Gasteiger charge is 2.29. The van der Waals surface area contributed by atoms with Gasteiger partial charge in [0.15, 0.2) is 0 Å². The molecule has 0 spiro atoms. The van der Waals surface area contributed by atoms with Gasteiger partial charge in [0, 0.05) is 24.8 Å². The van der Waals surface area contributed by atoms with Crippen LogP contribution in [-0.4, -0.2) is 25.7 Å². The third-order valence-electron chi connectivity index (χ3n) is 3.33. The Kier molecular flexibility index (Phi) is 1.95. The number of nitrogens with one attached hydrogen (secondary N) is 1. The largest absolute Gasteiger partial charge is 0.367 e. The Labute approximate surface area is 84.9 Å². The van der Waals surface area contributed by atoms with E-state index in [9.17, 15) is 0 Å². The van der Waals surface area contributed by atoms with Gasteiger partial charge in [-0.2, -0.15) is 0 Å². The average molecular weight is 188 g/mol. The van der Waals surface area contributed by atoms with Crippen molar-refractivity contribution in [3.8, 4) is 0 Å². The summed E-state index contributed by atoms with van der Waals surface area (Å²) in [4.78, 5) is 2.58. The zero-order valence-electron chi connectivity index (χ0n) is 8.37. The van der Waals surface area contributed by atoms with Crippen molar-refractivity contribution in [2.75, 3.05) is 24.5 Å². The lowest BCUT2D eigenvalue weighted by atomic mass is 10.1. The van der Waals surface area contributed by atoms with Crippen LogP contribution in [0.4, 0.5) is 5.69 Å². The first-order valence-electron chi connectivity index (χ1n) is 5.50. The Hall–Kier alpha value is -1.02. The van der Waals surface area contributed by atoms with Crippen molar-refractivity contribution in [2.24, 2.45) is 0 Å². The third-order valence-corrected chi connectivity index (χ3v) is 3.33. The number of rotatable bonds is 0. The number of benzene rings is 1. The molecule has 2 heteroatoms. The molecule has 2 aliphatic heterocycles. The van der Waals surface area contributed by atoms with Gasteiger partial charge >= 0.3 is 0 Å². The molecular weight excluding hydrogens is 172 g/mol. The highest BCUT2D eigenvalue weighted by atomic mass is 15.2. The lowest BCUT2D eigenvalue weighted by Gasteiger charge is -2.24. The molecule has 2 nitrogen and oxygen atoms in total. The normalized spacial score (nSPS) is 25.4. The topological polar surface area (TPSA) is 15.3 Å². The van der Waals surface area contributed by atoms with Gasteiger partial charge < -0.3 is 10.2 Å². The summed E-state index contributed by atoms with van der Waals surface area (Å²) in [7, 11) is 0. The van der Waals surface area contributed by atoms with Crippen molar-refractivity contribution in [3.05, 3.63) is 29.8 Å². The van der Waals surface area contributed by atoms with Crippen LogP contribution in [0.15, 0.2) is 24.3 Å². The molecule has 2 aliphatic rings. The highest BCUT2D eigenvalue weighted by molar-refractivity contribution is 5.59. The van der Waals surface area contributed by atoms with Gasteiger partial charge in [-0.1, -0.05) is 18.2 Å². The third kappa shape index (κ3) is 1.22. The van der Waals surface area contributed by atoms with Gasteiger partial charge in [0.1, 0.15) is 0 Å². The minimum Gasteiger partial charge on any atom is -0.367 e. The van der Waals surface area contributed by atoms with Gasteiger partial charge in [-0.05, 0) is 31.0 Å².